The van der Waals surface area contributed by atoms with Crippen LogP contribution in [0.15, 0.2) is 90.5 Å². The monoisotopic (exact) mass is 365 g/mol. The molecule has 0 fully saturated rings. The number of hydrogen-bond acceptors (Lipinski definition) is 1. The standard InChI is InChI=1S/C27H27N/c1-5-9-24-19(2)27(3,4)26-18-23(16-17-25(24)26)28-22-14-12-21(13-15-22)20-10-7-6-8-11-20/h5-18,28H,1-4H3/b9-5-. The number of benzene rings is 3. The Hall–Kier alpha value is -3.06. The van der Waals surface area contributed by atoms with E-state index in [1.54, 1.807) is 0 Å². The molecule has 1 aliphatic rings. The molecule has 0 saturated heterocycles. The maximum Gasteiger partial charge on any atom is 0.0387 e. The summed E-state index contributed by atoms with van der Waals surface area (Å²) in [6.07, 6.45) is 4.36. The normalized spacial score (nSPS) is 15.1. The van der Waals surface area contributed by atoms with Crippen LogP contribution in [-0.2, 0) is 5.41 Å². The molecule has 0 aliphatic heterocycles. The largest absolute Gasteiger partial charge is 0.356 e. The fraction of sp³-hybridized carbons (Fsp3) is 0.185. The third-order valence-electron chi connectivity index (χ3n) is 5.94. The summed E-state index contributed by atoms with van der Waals surface area (Å²) >= 11 is 0. The van der Waals surface area contributed by atoms with Gasteiger partial charge >= 0.3 is 0 Å². The summed E-state index contributed by atoms with van der Waals surface area (Å²) in [7, 11) is 0. The van der Waals surface area contributed by atoms with E-state index >= 15 is 0 Å². The Morgan fingerprint density at radius 1 is 0.786 bits per heavy atom. The highest BCUT2D eigenvalue weighted by Crippen LogP contribution is 2.47. The SMILES string of the molecule is C/C=C\C1=C(C)C(C)(C)c2cc(Nc3ccc(-c4ccccc4)cc3)ccc21. The average molecular weight is 366 g/mol. The number of hydrogen-bond donors (Lipinski definition) is 1. The lowest BCUT2D eigenvalue weighted by Gasteiger charge is -2.23. The van der Waals surface area contributed by atoms with Gasteiger partial charge in [0.15, 0.2) is 0 Å². The summed E-state index contributed by atoms with van der Waals surface area (Å²) in [6.45, 7) is 8.97. The van der Waals surface area contributed by atoms with E-state index in [0.29, 0.717) is 0 Å². The number of anilines is 2. The van der Waals surface area contributed by atoms with Crippen molar-refractivity contribution in [2.24, 2.45) is 0 Å². The molecule has 3 aromatic carbocycles. The molecule has 0 radical (unpaired) electrons. The van der Waals surface area contributed by atoms with Crippen LogP contribution in [0.3, 0.4) is 0 Å². The smallest absolute Gasteiger partial charge is 0.0387 e. The second kappa shape index (κ2) is 7.16. The zero-order chi connectivity index (χ0) is 19.7. The molecule has 0 aromatic heterocycles. The van der Waals surface area contributed by atoms with E-state index in [4.69, 9.17) is 0 Å². The number of rotatable bonds is 4. The number of allylic oxidation sites excluding steroid dienone is 4. The second-order valence-electron chi connectivity index (χ2n) is 7.99. The van der Waals surface area contributed by atoms with E-state index in [1.807, 2.05) is 6.07 Å². The van der Waals surface area contributed by atoms with Crippen LogP contribution in [-0.4, -0.2) is 0 Å². The van der Waals surface area contributed by atoms with Crippen molar-refractivity contribution in [3.05, 3.63) is 102 Å². The summed E-state index contributed by atoms with van der Waals surface area (Å²) < 4.78 is 0. The van der Waals surface area contributed by atoms with Gasteiger partial charge in [0.2, 0.25) is 0 Å². The van der Waals surface area contributed by atoms with E-state index < -0.39 is 0 Å². The summed E-state index contributed by atoms with van der Waals surface area (Å²) in [5, 5.41) is 3.58. The van der Waals surface area contributed by atoms with Gasteiger partial charge in [0.05, 0.1) is 0 Å². The fourth-order valence-corrected chi connectivity index (χ4v) is 4.04. The van der Waals surface area contributed by atoms with Crippen molar-refractivity contribution >= 4 is 16.9 Å². The fourth-order valence-electron chi connectivity index (χ4n) is 4.04. The molecule has 0 unspecified atom stereocenters. The van der Waals surface area contributed by atoms with Crippen molar-refractivity contribution < 1.29 is 0 Å². The van der Waals surface area contributed by atoms with E-state index in [0.717, 1.165) is 11.4 Å². The van der Waals surface area contributed by atoms with Gasteiger partial charge in [0.1, 0.15) is 0 Å². The van der Waals surface area contributed by atoms with Crippen LogP contribution >= 0.6 is 0 Å². The molecule has 0 atom stereocenters. The minimum Gasteiger partial charge on any atom is -0.356 e. The van der Waals surface area contributed by atoms with Crippen molar-refractivity contribution in [2.45, 2.75) is 33.1 Å². The van der Waals surface area contributed by atoms with E-state index in [2.05, 4.69) is 112 Å². The Labute approximate surface area is 168 Å². The Kier molecular flexibility index (Phi) is 4.68. The minimum atomic E-state index is 0.0546. The lowest BCUT2D eigenvalue weighted by atomic mass is 9.82. The van der Waals surface area contributed by atoms with Crippen molar-refractivity contribution in [3.8, 4) is 11.1 Å². The van der Waals surface area contributed by atoms with Crippen molar-refractivity contribution in [1.29, 1.82) is 0 Å². The lowest BCUT2D eigenvalue weighted by Crippen LogP contribution is -2.15. The van der Waals surface area contributed by atoms with Crippen LogP contribution in [0, 0.1) is 0 Å². The molecule has 1 aliphatic carbocycles. The van der Waals surface area contributed by atoms with Gasteiger partial charge in [-0.2, -0.15) is 0 Å². The van der Waals surface area contributed by atoms with Gasteiger partial charge in [-0.15, -0.1) is 0 Å². The molecule has 0 amide bonds. The van der Waals surface area contributed by atoms with Gasteiger partial charge in [-0.05, 0) is 65.9 Å². The van der Waals surface area contributed by atoms with Gasteiger partial charge in [-0.25, -0.2) is 0 Å². The summed E-state index contributed by atoms with van der Waals surface area (Å²) in [6, 6.07) is 25.9. The van der Waals surface area contributed by atoms with E-state index in [-0.39, 0.29) is 5.41 Å². The maximum atomic E-state index is 3.58. The third-order valence-corrected chi connectivity index (χ3v) is 5.94. The average Bonchev–Trinajstić information content (AvgIpc) is 2.90. The molecular formula is C27H27N. The highest BCUT2D eigenvalue weighted by Gasteiger charge is 2.34. The topological polar surface area (TPSA) is 12.0 Å². The number of fused-ring (bicyclic) bond motifs is 1. The van der Waals surface area contributed by atoms with Crippen molar-refractivity contribution in [3.63, 3.8) is 0 Å². The summed E-state index contributed by atoms with van der Waals surface area (Å²) in [4.78, 5) is 0. The summed E-state index contributed by atoms with van der Waals surface area (Å²) in [5.74, 6) is 0. The predicted octanol–water partition coefficient (Wildman–Crippen LogP) is 7.74. The Balaban J connectivity index is 1.60. The maximum absolute atomic E-state index is 3.58. The molecule has 1 heteroatoms. The number of nitrogens with one attached hydrogen (secondary N) is 1. The molecule has 0 saturated carbocycles. The third kappa shape index (κ3) is 3.18. The molecule has 1 nitrogen and oxygen atoms in total. The van der Waals surface area contributed by atoms with Crippen LogP contribution in [0.2, 0.25) is 0 Å². The van der Waals surface area contributed by atoms with Crippen LogP contribution in [0.4, 0.5) is 11.4 Å². The molecular weight excluding hydrogens is 338 g/mol. The molecule has 0 spiro atoms. The second-order valence-corrected chi connectivity index (χ2v) is 7.99. The summed E-state index contributed by atoms with van der Waals surface area (Å²) in [5.41, 5.74) is 10.3. The highest BCUT2D eigenvalue weighted by molar-refractivity contribution is 5.86. The molecule has 28 heavy (non-hydrogen) atoms. The quantitative estimate of drug-likeness (QED) is 0.498. The molecule has 1 N–H and O–H groups in total. The van der Waals surface area contributed by atoms with Crippen LogP contribution in [0.1, 0.15) is 38.8 Å². The Morgan fingerprint density at radius 3 is 2.11 bits per heavy atom. The minimum absolute atomic E-state index is 0.0546. The van der Waals surface area contributed by atoms with Gasteiger partial charge in [0.25, 0.3) is 0 Å². The first kappa shape index (κ1) is 18.3. The molecule has 0 heterocycles. The Morgan fingerprint density at radius 2 is 1.43 bits per heavy atom. The lowest BCUT2D eigenvalue weighted by molar-refractivity contribution is 0.639. The first-order valence-corrected chi connectivity index (χ1v) is 9.92. The molecule has 140 valence electrons. The zero-order valence-corrected chi connectivity index (χ0v) is 17.1. The van der Waals surface area contributed by atoms with Crippen molar-refractivity contribution in [2.75, 3.05) is 5.32 Å². The molecule has 3 aromatic rings. The van der Waals surface area contributed by atoms with Crippen molar-refractivity contribution in [1.82, 2.24) is 0 Å². The Bertz CT molecular complexity index is 1050. The molecule has 4 rings (SSSR count). The first-order chi connectivity index (χ1) is 13.5. The predicted molar refractivity (Wildman–Crippen MR) is 122 cm³/mol. The highest BCUT2D eigenvalue weighted by atomic mass is 14.9. The van der Waals surface area contributed by atoms with Gasteiger partial charge in [-0.3, -0.25) is 0 Å². The van der Waals surface area contributed by atoms with Gasteiger partial charge in [-0.1, -0.05) is 80.1 Å². The van der Waals surface area contributed by atoms with E-state index in [1.165, 1.54) is 33.4 Å². The van der Waals surface area contributed by atoms with Crippen LogP contribution < -0.4 is 5.32 Å². The van der Waals surface area contributed by atoms with E-state index in [9.17, 15) is 0 Å². The van der Waals surface area contributed by atoms with Gasteiger partial charge < -0.3 is 5.32 Å². The first-order valence-electron chi connectivity index (χ1n) is 9.92. The zero-order valence-electron chi connectivity index (χ0n) is 17.1. The molecule has 0 bridgehead atoms. The van der Waals surface area contributed by atoms with Crippen LogP contribution in [0.5, 0.6) is 0 Å². The van der Waals surface area contributed by atoms with Crippen LogP contribution in [0.25, 0.3) is 16.7 Å². The van der Waals surface area contributed by atoms with Gasteiger partial charge in [0, 0.05) is 16.8 Å².